The van der Waals surface area contributed by atoms with Crippen molar-refractivity contribution in [2.75, 3.05) is 37.8 Å². The molecule has 0 amide bonds. The molecule has 0 saturated carbocycles. The van der Waals surface area contributed by atoms with E-state index in [-0.39, 0.29) is 5.82 Å². The summed E-state index contributed by atoms with van der Waals surface area (Å²) < 4.78 is 13.2. The van der Waals surface area contributed by atoms with E-state index in [4.69, 9.17) is 0 Å². The minimum atomic E-state index is -0.280. The lowest BCUT2D eigenvalue weighted by Gasteiger charge is -2.12. The molecule has 6 heteroatoms. The molecule has 0 aliphatic rings. The van der Waals surface area contributed by atoms with Crippen LogP contribution in [0.3, 0.4) is 0 Å². The van der Waals surface area contributed by atoms with Crippen LogP contribution < -0.4 is 10.6 Å². The predicted octanol–water partition coefficient (Wildman–Crippen LogP) is 3.03. The Hall–Kier alpha value is -2.21. The summed E-state index contributed by atoms with van der Waals surface area (Å²) in [6.07, 6.45) is 1.03. The van der Waals surface area contributed by atoms with Gasteiger partial charge in [-0.25, -0.2) is 14.4 Å². The van der Waals surface area contributed by atoms with E-state index in [0.717, 1.165) is 25.3 Å². The molecule has 0 saturated heterocycles. The van der Waals surface area contributed by atoms with Crippen molar-refractivity contribution >= 4 is 17.3 Å². The van der Waals surface area contributed by atoms with E-state index in [0.29, 0.717) is 17.3 Å². The van der Waals surface area contributed by atoms with Gasteiger partial charge in [0.1, 0.15) is 23.3 Å². The summed E-state index contributed by atoms with van der Waals surface area (Å²) in [7, 11) is 4.10. The van der Waals surface area contributed by atoms with Crippen LogP contribution in [-0.2, 0) is 0 Å². The van der Waals surface area contributed by atoms with Crippen LogP contribution in [0.1, 0.15) is 12.2 Å². The largest absolute Gasteiger partial charge is 0.370 e. The van der Waals surface area contributed by atoms with Crippen molar-refractivity contribution in [1.29, 1.82) is 0 Å². The highest BCUT2D eigenvalue weighted by atomic mass is 19.1. The monoisotopic (exact) mass is 303 g/mol. The van der Waals surface area contributed by atoms with E-state index in [1.165, 1.54) is 12.1 Å². The van der Waals surface area contributed by atoms with Crippen molar-refractivity contribution in [2.24, 2.45) is 0 Å². The van der Waals surface area contributed by atoms with Gasteiger partial charge in [-0.05, 0) is 52.2 Å². The van der Waals surface area contributed by atoms with Gasteiger partial charge in [0, 0.05) is 18.3 Å². The highest BCUT2D eigenvalue weighted by Crippen LogP contribution is 2.18. The number of anilines is 3. The summed E-state index contributed by atoms with van der Waals surface area (Å²) in [6, 6.07) is 8.13. The fourth-order valence-corrected chi connectivity index (χ4v) is 2.05. The van der Waals surface area contributed by atoms with Gasteiger partial charge >= 0.3 is 0 Å². The van der Waals surface area contributed by atoms with Crippen LogP contribution in [0.5, 0.6) is 0 Å². The molecule has 0 atom stereocenters. The number of aryl methyl sites for hydroxylation is 1. The Morgan fingerprint density at radius 2 is 1.91 bits per heavy atom. The summed E-state index contributed by atoms with van der Waals surface area (Å²) >= 11 is 0. The minimum Gasteiger partial charge on any atom is -0.370 e. The Kier molecular flexibility index (Phi) is 5.66. The summed E-state index contributed by atoms with van der Waals surface area (Å²) in [6.45, 7) is 3.70. The fraction of sp³-hybridized carbons (Fsp3) is 0.375. The highest BCUT2D eigenvalue weighted by molar-refractivity contribution is 5.59. The number of rotatable bonds is 7. The zero-order chi connectivity index (χ0) is 15.9. The molecule has 1 aromatic carbocycles. The quantitative estimate of drug-likeness (QED) is 0.770. The second-order valence-corrected chi connectivity index (χ2v) is 5.40. The SMILES string of the molecule is Cc1nc(NCCCN(C)C)cc(Nc2cccc(F)c2)n1. The van der Waals surface area contributed by atoms with Gasteiger partial charge in [0.05, 0.1) is 0 Å². The molecule has 0 bridgehead atoms. The first-order valence-electron chi connectivity index (χ1n) is 7.30. The maximum atomic E-state index is 13.2. The molecule has 2 aromatic rings. The first-order valence-corrected chi connectivity index (χ1v) is 7.30. The van der Waals surface area contributed by atoms with Crippen molar-refractivity contribution in [3.63, 3.8) is 0 Å². The lowest BCUT2D eigenvalue weighted by atomic mass is 10.3. The van der Waals surface area contributed by atoms with Gasteiger partial charge in [0.15, 0.2) is 0 Å². The maximum Gasteiger partial charge on any atom is 0.136 e. The van der Waals surface area contributed by atoms with Crippen LogP contribution >= 0.6 is 0 Å². The molecular weight excluding hydrogens is 281 g/mol. The van der Waals surface area contributed by atoms with E-state index >= 15 is 0 Å². The number of hydrogen-bond acceptors (Lipinski definition) is 5. The van der Waals surface area contributed by atoms with Crippen molar-refractivity contribution < 1.29 is 4.39 Å². The number of halogens is 1. The molecule has 0 aliphatic carbocycles. The zero-order valence-corrected chi connectivity index (χ0v) is 13.2. The number of benzene rings is 1. The van der Waals surface area contributed by atoms with Gasteiger partial charge in [-0.3, -0.25) is 0 Å². The number of aromatic nitrogens is 2. The lowest BCUT2D eigenvalue weighted by molar-refractivity contribution is 0.405. The van der Waals surface area contributed by atoms with Crippen LogP contribution in [0.15, 0.2) is 30.3 Å². The van der Waals surface area contributed by atoms with Crippen LogP contribution in [0.25, 0.3) is 0 Å². The van der Waals surface area contributed by atoms with Gasteiger partial charge < -0.3 is 15.5 Å². The van der Waals surface area contributed by atoms with E-state index < -0.39 is 0 Å². The summed E-state index contributed by atoms with van der Waals surface area (Å²) in [5.41, 5.74) is 0.664. The Labute approximate surface area is 130 Å². The molecule has 0 spiro atoms. The standard InChI is InChI=1S/C16H22FN5/c1-12-19-15(18-8-5-9-22(2)3)11-16(20-12)21-14-7-4-6-13(17)10-14/h4,6-7,10-11H,5,8-9H2,1-3H3,(H2,18,19,20,21). The van der Waals surface area contributed by atoms with E-state index in [9.17, 15) is 4.39 Å². The summed E-state index contributed by atoms with van der Waals surface area (Å²) in [5, 5.41) is 6.38. The molecule has 2 rings (SSSR count). The molecule has 1 aromatic heterocycles. The zero-order valence-electron chi connectivity index (χ0n) is 13.2. The molecule has 0 fully saturated rings. The number of hydrogen-bond donors (Lipinski definition) is 2. The molecule has 0 unspecified atom stereocenters. The van der Waals surface area contributed by atoms with E-state index in [2.05, 4.69) is 39.6 Å². The molecule has 0 aliphatic heterocycles. The van der Waals surface area contributed by atoms with Crippen molar-refractivity contribution in [1.82, 2.24) is 14.9 Å². The van der Waals surface area contributed by atoms with Gasteiger partial charge in [-0.1, -0.05) is 6.07 Å². The smallest absolute Gasteiger partial charge is 0.136 e. The Balaban J connectivity index is 2.00. The third kappa shape index (κ3) is 5.29. The molecule has 2 N–H and O–H groups in total. The second-order valence-electron chi connectivity index (χ2n) is 5.40. The molecular formula is C16H22FN5. The van der Waals surface area contributed by atoms with Crippen LogP contribution in [0.2, 0.25) is 0 Å². The fourth-order valence-electron chi connectivity index (χ4n) is 2.05. The maximum absolute atomic E-state index is 13.2. The van der Waals surface area contributed by atoms with Crippen molar-refractivity contribution in [3.05, 3.63) is 42.0 Å². The molecule has 1 heterocycles. The molecule has 5 nitrogen and oxygen atoms in total. The molecule has 0 radical (unpaired) electrons. The van der Waals surface area contributed by atoms with Gasteiger partial charge in [0.2, 0.25) is 0 Å². The third-order valence-electron chi connectivity index (χ3n) is 3.02. The summed E-state index contributed by atoms with van der Waals surface area (Å²) in [4.78, 5) is 10.8. The first kappa shape index (κ1) is 16.2. The molecule has 22 heavy (non-hydrogen) atoms. The molecule has 118 valence electrons. The van der Waals surface area contributed by atoms with Crippen molar-refractivity contribution in [2.45, 2.75) is 13.3 Å². The Morgan fingerprint density at radius 3 is 2.64 bits per heavy atom. The predicted molar refractivity (Wildman–Crippen MR) is 88.1 cm³/mol. The van der Waals surface area contributed by atoms with Gasteiger partial charge in [-0.15, -0.1) is 0 Å². The van der Waals surface area contributed by atoms with Gasteiger partial charge in [0.25, 0.3) is 0 Å². The normalized spacial score (nSPS) is 10.8. The summed E-state index contributed by atoms with van der Waals surface area (Å²) in [5.74, 6) is 1.80. The van der Waals surface area contributed by atoms with E-state index in [1.54, 1.807) is 12.1 Å². The van der Waals surface area contributed by atoms with Crippen LogP contribution in [0, 0.1) is 12.7 Å². The number of nitrogens with zero attached hydrogens (tertiary/aromatic N) is 3. The Bertz CT molecular complexity index is 615. The lowest BCUT2D eigenvalue weighted by Crippen LogP contribution is -2.16. The third-order valence-corrected chi connectivity index (χ3v) is 3.02. The first-order chi connectivity index (χ1) is 10.5. The van der Waals surface area contributed by atoms with Crippen molar-refractivity contribution in [3.8, 4) is 0 Å². The average molecular weight is 303 g/mol. The van der Waals surface area contributed by atoms with Gasteiger partial charge in [-0.2, -0.15) is 0 Å². The number of nitrogens with one attached hydrogen (secondary N) is 2. The van der Waals surface area contributed by atoms with Crippen LogP contribution in [0.4, 0.5) is 21.7 Å². The average Bonchev–Trinajstić information content (AvgIpc) is 2.43. The Morgan fingerprint density at radius 1 is 1.14 bits per heavy atom. The topological polar surface area (TPSA) is 53.1 Å². The van der Waals surface area contributed by atoms with Crippen LogP contribution in [-0.4, -0.2) is 42.1 Å². The second kappa shape index (κ2) is 7.70. The highest BCUT2D eigenvalue weighted by Gasteiger charge is 2.03. The minimum absolute atomic E-state index is 0.280. The van der Waals surface area contributed by atoms with E-state index in [1.807, 2.05) is 13.0 Å².